The first-order valence-corrected chi connectivity index (χ1v) is 6.53. The van der Waals surface area contributed by atoms with E-state index in [1.165, 1.54) is 45.4 Å². The number of hydrogen-bond donors (Lipinski definition) is 1. The van der Waals surface area contributed by atoms with E-state index >= 15 is 0 Å². The van der Waals surface area contributed by atoms with Crippen LogP contribution in [0.4, 0.5) is 0 Å². The molecule has 0 aromatic heterocycles. The summed E-state index contributed by atoms with van der Waals surface area (Å²) in [7, 11) is 0. The van der Waals surface area contributed by atoms with Gasteiger partial charge in [-0.3, -0.25) is 4.90 Å². The zero-order valence-corrected chi connectivity index (χ0v) is 10.6. The third kappa shape index (κ3) is 2.73. The molecule has 2 rings (SSSR count). The van der Waals surface area contributed by atoms with E-state index in [9.17, 15) is 0 Å². The molecule has 0 aromatic carbocycles. The normalized spacial score (nSPS) is 37.8. The third-order valence-electron chi connectivity index (χ3n) is 4.14. The maximum Gasteiger partial charge on any atom is 0.0145 e. The summed E-state index contributed by atoms with van der Waals surface area (Å²) in [6, 6.07) is 0.839. The lowest BCUT2D eigenvalue weighted by Gasteiger charge is -2.46. The molecule has 2 atom stereocenters. The standard InChI is InChI=1S/C13H26N2/c1-11-9-14-7-5-12(11)15-8-4-6-13(2,3)10-15/h11-12,14H,4-10H2,1-3H3. The third-order valence-corrected chi connectivity index (χ3v) is 4.14. The molecular weight excluding hydrogens is 184 g/mol. The minimum Gasteiger partial charge on any atom is -0.316 e. The van der Waals surface area contributed by atoms with Crippen LogP contribution in [0.15, 0.2) is 0 Å². The highest BCUT2D eigenvalue weighted by atomic mass is 15.2. The number of hydrogen-bond acceptors (Lipinski definition) is 2. The number of nitrogens with zero attached hydrogens (tertiary/aromatic N) is 1. The predicted molar refractivity (Wildman–Crippen MR) is 65.0 cm³/mol. The highest BCUT2D eigenvalue weighted by Gasteiger charge is 2.33. The Balaban J connectivity index is 1.96. The molecule has 0 spiro atoms. The average Bonchev–Trinajstić information content (AvgIpc) is 2.17. The Morgan fingerprint density at radius 1 is 1.33 bits per heavy atom. The second kappa shape index (κ2) is 4.42. The van der Waals surface area contributed by atoms with Crippen molar-refractivity contribution in [2.75, 3.05) is 26.2 Å². The van der Waals surface area contributed by atoms with Crippen LogP contribution in [-0.2, 0) is 0 Å². The summed E-state index contributed by atoms with van der Waals surface area (Å²) in [5, 5.41) is 3.50. The van der Waals surface area contributed by atoms with Crippen LogP contribution in [-0.4, -0.2) is 37.1 Å². The minimum atomic E-state index is 0.544. The lowest BCUT2D eigenvalue weighted by Crippen LogP contribution is -2.53. The number of likely N-dealkylation sites (tertiary alicyclic amines) is 1. The van der Waals surface area contributed by atoms with Crippen molar-refractivity contribution in [1.82, 2.24) is 10.2 Å². The lowest BCUT2D eigenvalue weighted by atomic mass is 9.81. The van der Waals surface area contributed by atoms with Gasteiger partial charge in [-0.2, -0.15) is 0 Å². The van der Waals surface area contributed by atoms with E-state index < -0.39 is 0 Å². The monoisotopic (exact) mass is 210 g/mol. The largest absolute Gasteiger partial charge is 0.316 e. The molecule has 2 aliphatic heterocycles. The molecule has 0 aliphatic carbocycles. The van der Waals surface area contributed by atoms with Gasteiger partial charge in [-0.1, -0.05) is 20.8 Å². The van der Waals surface area contributed by atoms with Gasteiger partial charge in [0.2, 0.25) is 0 Å². The van der Waals surface area contributed by atoms with E-state index in [0.717, 1.165) is 12.0 Å². The molecule has 0 radical (unpaired) electrons. The topological polar surface area (TPSA) is 15.3 Å². The van der Waals surface area contributed by atoms with Gasteiger partial charge in [0, 0.05) is 12.6 Å². The molecule has 2 unspecified atom stereocenters. The molecule has 88 valence electrons. The van der Waals surface area contributed by atoms with Crippen LogP contribution in [0.5, 0.6) is 0 Å². The summed E-state index contributed by atoms with van der Waals surface area (Å²) in [5.74, 6) is 0.827. The molecule has 2 nitrogen and oxygen atoms in total. The first kappa shape index (κ1) is 11.4. The quantitative estimate of drug-likeness (QED) is 0.713. The van der Waals surface area contributed by atoms with Gasteiger partial charge in [-0.15, -0.1) is 0 Å². The summed E-state index contributed by atoms with van der Waals surface area (Å²) in [5.41, 5.74) is 0.544. The van der Waals surface area contributed by atoms with E-state index in [2.05, 4.69) is 31.0 Å². The highest BCUT2D eigenvalue weighted by Crippen LogP contribution is 2.32. The van der Waals surface area contributed by atoms with E-state index in [1.54, 1.807) is 0 Å². The Morgan fingerprint density at radius 3 is 2.80 bits per heavy atom. The fourth-order valence-corrected chi connectivity index (χ4v) is 3.29. The van der Waals surface area contributed by atoms with Gasteiger partial charge in [0.05, 0.1) is 0 Å². The fourth-order valence-electron chi connectivity index (χ4n) is 3.29. The van der Waals surface area contributed by atoms with Gasteiger partial charge >= 0.3 is 0 Å². The van der Waals surface area contributed by atoms with Crippen molar-refractivity contribution in [3.8, 4) is 0 Å². The smallest absolute Gasteiger partial charge is 0.0145 e. The summed E-state index contributed by atoms with van der Waals surface area (Å²) in [6.07, 6.45) is 4.14. The molecule has 0 aromatic rings. The maximum absolute atomic E-state index is 3.50. The molecule has 0 amide bonds. The zero-order valence-electron chi connectivity index (χ0n) is 10.6. The van der Waals surface area contributed by atoms with Gasteiger partial charge in [-0.05, 0) is 50.2 Å². The Hall–Kier alpha value is -0.0800. The highest BCUT2D eigenvalue weighted by molar-refractivity contribution is 4.88. The van der Waals surface area contributed by atoms with Gasteiger partial charge < -0.3 is 5.32 Å². The van der Waals surface area contributed by atoms with E-state index in [1.807, 2.05) is 0 Å². The average molecular weight is 210 g/mol. The second-order valence-electron chi connectivity index (χ2n) is 6.28. The molecule has 15 heavy (non-hydrogen) atoms. The molecule has 1 N–H and O–H groups in total. The van der Waals surface area contributed by atoms with Crippen molar-refractivity contribution in [3.05, 3.63) is 0 Å². The van der Waals surface area contributed by atoms with Crippen molar-refractivity contribution >= 4 is 0 Å². The molecular formula is C13H26N2. The number of rotatable bonds is 1. The maximum atomic E-state index is 3.50. The Morgan fingerprint density at radius 2 is 2.13 bits per heavy atom. The van der Waals surface area contributed by atoms with Crippen LogP contribution in [0, 0.1) is 11.3 Å². The van der Waals surface area contributed by atoms with E-state index in [0.29, 0.717) is 5.41 Å². The first-order chi connectivity index (χ1) is 7.08. The van der Waals surface area contributed by atoms with E-state index in [4.69, 9.17) is 0 Å². The molecule has 2 heteroatoms. The van der Waals surface area contributed by atoms with Crippen LogP contribution in [0.25, 0.3) is 0 Å². The Kier molecular flexibility index (Phi) is 3.36. The SMILES string of the molecule is CC1CNCCC1N1CCCC(C)(C)C1. The van der Waals surface area contributed by atoms with Crippen molar-refractivity contribution in [3.63, 3.8) is 0 Å². The minimum absolute atomic E-state index is 0.544. The van der Waals surface area contributed by atoms with Crippen molar-refractivity contribution in [2.24, 2.45) is 11.3 Å². The van der Waals surface area contributed by atoms with Gasteiger partial charge in [0.25, 0.3) is 0 Å². The first-order valence-electron chi connectivity index (χ1n) is 6.53. The zero-order chi connectivity index (χ0) is 10.9. The van der Waals surface area contributed by atoms with Gasteiger partial charge in [-0.25, -0.2) is 0 Å². The second-order valence-corrected chi connectivity index (χ2v) is 6.28. The predicted octanol–water partition coefficient (Wildman–Crippen LogP) is 2.11. The summed E-state index contributed by atoms with van der Waals surface area (Å²) in [6.45, 7) is 12.3. The van der Waals surface area contributed by atoms with Crippen LogP contribution in [0.1, 0.15) is 40.0 Å². The molecule has 2 saturated heterocycles. The van der Waals surface area contributed by atoms with Crippen molar-refractivity contribution in [2.45, 2.75) is 46.1 Å². The number of piperidine rings is 2. The lowest BCUT2D eigenvalue weighted by molar-refractivity contribution is 0.0424. The summed E-state index contributed by atoms with van der Waals surface area (Å²) >= 11 is 0. The number of nitrogens with one attached hydrogen (secondary N) is 1. The fraction of sp³-hybridized carbons (Fsp3) is 1.00. The summed E-state index contributed by atoms with van der Waals surface area (Å²) in [4.78, 5) is 2.76. The Labute approximate surface area is 94.4 Å². The van der Waals surface area contributed by atoms with Gasteiger partial charge in [0.15, 0.2) is 0 Å². The van der Waals surface area contributed by atoms with E-state index in [-0.39, 0.29) is 0 Å². The van der Waals surface area contributed by atoms with Crippen LogP contribution >= 0.6 is 0 Å². The Bertz CT molecular complexity index is 213. The molecule has 0 saturated carbocycles. The van der Waals surface area contributed by atoms with Crippen LogP contribution < -0.4 is 5.32 Å². The molecule has 2 heterocycles. The molecule has 0 bridgehead atoms. The van der Waals surface area contributed by atoms with Crippen LogP contribution in [0.3, 0.4) is 0 Å². The summed E-state index contributed by atoms with van der Waals surface area (Å²) < 4.78 is 0. The molecule has 2 aliphatic rings. The van der Waals surface area contributed by atoms with Crippen molar-refractivity contribution < 1.29 is 0 Å². The molecule has 2 fully saturated rings. The van der Waals surface area contributed by atoms with Crippen LogP contribution in [0.2, 0.25) is 0 Å². The van der Waals surface area contributed by atoms with Crippen molar-refractivity contribution in [1.29, 1.82) is 0 Å². The van der Waals surface area contributed by atoms with Gasteiger partial charge in [0.1, 0.15) is 0 Å².